The second-order valence-electron chi connectivity index (χ2n) is 8.75. The normalized spacial score (nSPS) is 17.8. The van der Waals surface area contributed by atoms with Crippen molar-refractivity contribution in [2.75, 3.05) is 19.7 Å². The predicted octanol–water partition coefficient (Wildman–Crippen LogP) is 2.33. The van der Waals surface area contributed by atoms with Crippen molar-refractivity contribution in [2.24, 2.45) is 4.99 Å². The molecule has 0 atom stereocenters. The number of fused-ring (bicyclic) bond motifs is 2. The molecule has 2 amide bonds. The van der Waals surface area contributed by atoms with Gasteiger partial charge in [0.1, 0.15) is 18.8 Å². The molecule has 0 spiro atoms. The fourth-order valence-electron chi connectivity index (χ4n) is 4.67. The molecule has 1 aromatic rings. The lowest BCUT2D eigenvalue weighted by Gasteiger charge is -2.33. The maximum absolute atomic E-state index is 12.7. The summed E-state index contributed by atoms with van der Waals surface area (Å²) in [5.41, 5.74) is 2.80. The number of rotatable bonds is 8. The number of carboxylic acids is 1. The third kappa shape index (κ3) is 5.03. The van der Waals surface area contributed by atoms with E-state index in [1.807, 2.05) is 24.0 Å². The van der Waals surface area contributed by atoms with E-state index in [2.05, 4.69) is 10.3 Å². The maximum Gasteiger partial charge on any atom is 0.323 e. The second kappa shape index (κ2) is 9.58. The van der Waals surface area contributed by atoms with Gasteiger partial charge in [0, 0.05) is 25.1 Å². The zero-order valence-electron chi connectivity index (χ0n) is 18.4. The summed E-state index contributed by atoms with van der Waals surface area (Å²) in [5, 5.41) is 12.0. The highest BCUT2D eigenvalue weighted by molar-refractivity contribution is 6.05. The van der Waals surface area contributed by atoms with Gasteiger partial charge < -0.3 is 19.6 Å². The Labute approximate surface area is 187 Å². The molecule has 1 saturated heterocycles. The van der Waals surface area contributed by atoms with E-state index in [9.17, 15) is 19.5 Å². The third-order valence-corrected chi connectivity index (χ3v) is 6.28. The molecule has 2 heterocycles. The molecule has 32 heavy (non-hydrogen) atoms. The molecule has 0 unspecified atom stereocenters. The van der Waals surface area contributed by atoms with Crippen LogP contribution in [0.5, 0.6) is 5.75 Å². The molecule has 0 radical (unpaired) electrons. The van der Waals surface area contributed by atoms with E-state index in [4.69, 9.17) is 4.74 Å². The van der Waals surface area contributed by atoms with Crippen LogP contribution in [0, 0.1) is 6.92 Å². The van der Waals surface area contributed by atoms with Gasteiger partial charge in [0.25, 0.3) is 0 Å². The zero-order valence-corrected chi connectivity index (χ0v) is 18.4. The fraction of sp³-hybridized carbons (Fsp3) is 0.565. The molecule has 2 fully saturated rings. The van der Waals surface area contributed by atoms with Crippen LogP contribution >= 0.6 is 0 Å². The number of guanidine groups is 1. The number of carbonyl (C=O) groups is 3. The van der Waals surface area contributed by atoms with Crippen LogP contribution in [0.1, 0.15) is 56.1 Å². The summed E-state index contributed by atoms with van der Waals surface area (Å²) in [7, 11) is 0. The molecule has 1 aromatic carbocycles. The van der Waals surface area contributed by atoms with Crippen molar-refractivity contribution < 1.29 is 24.2 Å². The van der Waals surface area contributed by atoms with Crippen molar-refractivity contribution in [3.05, 3.63) is 23.3 Å². The Balaban J connectivity index is 1.32. The van der Waals surface area contributed by atoms with Crippen molar-refractivity contribution in [2.45, 2.75) is 64.5 Å². The van der Waals surface area contributed by atoms with E-state index in [0.717, 1.165) is 48.9 Å². The first-order valence-electron chi connectivity index (χ1n) is 11.3. The number of aliphatic imine (C=N–C) groups is 1. The van der Waals surface area contributed by atoms with Crippen LogP contribution in [0.2, 0.25) is 0 Å². The Bertz CT molecular complexity index is 939. The van der Waals surface area contributed by atoms with Crippen LogP contribution in [0.3, 0.4) is 0 Å². The van der Waals surface area contributed by atoms with Crippen LogP contribution in [-0.2, 0) is 20.9 Å². The van der Waals surface area contributed by atoms with Crippen molar-refractivity contribution in [1.82, 2.24) is 15.1 Å². The molecule has 2 N–H and O–H groups in total. The van der Waals surface area contributed by atoms with Crippen molar-refractivity contribution in [1.29, 1.82) is 0 Å². The first-order valence-corrected chi connectivity index (χ1v) is 11.3. The van der Waals surface area contributed by atoms with Crippen LogP contribution in [0.4, 0.5) is 5.69 Å². The molecular weight excluding hydrogens is 412 g/mol. The van der Waals surface area contributed by atoms with Gasteiger partial charge >= 0.3 is 5.97 Å². The third-order valence-electron chi connectivity index (χ3n) is 6.28. The highest BCUT2D eigenvalue weighted by atomic mass is 16.5. The van der Waals surface area contributed by atoms with Crippen molar-refractivity contribution in [3.63, 3.8) is 0 Å². The molecular formula is C23H30N4O5. The van der Waals surface area contributed by atoms with Gasteiger partial charge in [-0.1, -0.05) is 19.3 Å². The van der Waals surface area contributed by atoms with Gasteiger partial charge in [-0.15, -0.1) is 0 Å². The van der Waals surface area contributed by atoms with Gasteiger partial charge in [-0.3, -0.25) is 19.7 Å². The van der Waals surface area contributed by atoms with Gasteiger partial charge in [-0.25, -0.2) is 4.99 Å². The SMILES string of the molecule is Cc1cc2c(cc1OCCCC(=O)N(CC(=O)O)C1CCCCC1)N=C1NC(=O)CN1C2. The van der Waals surface area contributed by atoms with Crippen LogP contribution in [0.15, 0.2) is 17.1 Å². The highest BCUT2D eigenvalue weighted by Crippen LogP contribution is 2.33. The lowest BCUT2D eigenvalue weighted by molar-refractivity contribution is -0.146. The van der Waals surface area contributed by atoms with Gasteiger partial charge in [0.2, 0.25) is 17.8 Å². The fourth-order valence-corrected chi connectivity index (χ4v) is 4.67. The van der Waals surface area contributed by atoms with Crippen LogP contribution in [0.25, 0.3) is 0 Å². The Kier molecular flexibility index (Phi) is 6.62. The quantitative estimate of drug-likeness (QED) is 0.598. The van der Waals surface area contributed by atoms with E-state index < -0.39 is 5.97 Å². The molecule has 0 bridgehead atoms. The number of ether oxygens (including phenoxy) is 1. The van der Waals surface area contributed by atoms with E-state index in [1.54, 1.807) is 4.90 Å². The van der Waals surface area contributed by atoms with E-state index in [1.165, 1.54) is 0 Å². The number of carboxylic acid groups (broad SMARTS) is 1. The molecule has 2 aliphatic heterocycles. The topological polar surface area (TPSA) is 112 Å². The summed E-state index contributed by atoms with van der Waals surface area (Å²) in [4.78, 5) is 43.6. The van der Waals surface area contributed by atoms with E-state index in [-0.39, 0.29) is 30.8 Å². The molecule has 1 saturated carbocycles. The summed E-state index contributed by atoms with van der Waals surface area (Å²) in [5.74, 6) is 0.133. The first kappa shape index (κ1) is 22.1. The number of hydrogen-bond acceptors (Lipinski definition) is 6. The minimum Gasteiger partial charge on any atom is -0.493 e. The number of aryl methyl sites for hydroxylation is 1. The highest BCUT2D eigenvalue weighted by Gasteiger charge is 2.30. The van der Waals surface area contributed by atoms with Crippen LogP contribution in [-0.4, -0.2) is 64.4 Å². The number of aliphatic carboxylic acids is 1. The van der Waals surface area contributed by atoms with Crippen molar-refractivity contribution in [3.8, 4) is 5.75 Å². The largest absolute Gasteiger partial charge is 0.493 e. The lowest BCUT2D eigenvalue weighted by atomic mass is 9.94. The summed E-state index contributed by atoms with van der Waals surface area (Å²) in [6.45, 7) is 3.04. The van der Waals surface area contributed by atoms with Crippen LogP contribution < -0.4 is 10.1 Å². The first-order chi connectivity index (χ1) is 15.4. The summed E-state index contributed by atoms with van der Waals surface area (Å²) in [6.07, 6.45) is 5.76. The summed E-state index contributed by atoms with van der Waals surface area (Å²) >= 11 is 0. The Morgan fingerprint density at radius 3 is 2.78 bits per heavy atom. The van der Waals surface area contributed by atoms with Crippen molar-refractivity contribution >= 4 is 29.4 Å². The lowest BCUT2D eigenvalue weighted by Crippen LogP contribution is -2.44. The maximum atomic E-state index is 12.7. The summed E-state index contributed by atoms with van der Waals surface area (Å²) in [6, 6.07) is 3.93. The average molecular weight is 443 g/mol. The minimum absolute atomic E-state index is 0.0333. The molecule has 0 aromatic heterocycles. The molecule has 3 aliphatic rings. The zero-order chi connectivity index (χ0) is 22.7. The summed E-state index contributed by atoms with van der Waals surface area (Å²) < 4.78 is 5.93. The molecule has 4 rings (SSSR count). The minimum atomic E-state index is -0.969. The van der Waals surface area contributed by atoms with Gasteiger partial charge in [-0.05, 0) is 43.4 Å². The number of hydrogen-bond donors (Lipinski definition) is 2. The monoisotopic (exact) mass is 442 g/mol. The second-order valence-corrected chi connectivity index (χ2v) is 8.75. The molecule has 172 valence electrons. The number of nitrogens with zero attached hydrogens (tertiary/aromatic N) is 3. The predicted molar refractivity (Wildman–Crippen MR) is 118 cm³/mol. The number of amides is 2. The van der Waals surface area contributed by atoms with E-state index in [0.29, 0.717) is 37.8 Å². The molecule has 1 aliphatic carbocycles. The standard InChI is InChI=1S/C23H30N4O5/c1-15-10-16-12-26-13-20(28)25-23(26)24-18(16)11-19(15)32-9-5-8-21(29)27(14-22(30)31)17-6-3-2-4-7-17/h10-11,17H,2-9,12-14H2,1H3,(H,30,31)(H,24,25,28). The van der Waals surface area contributed by atoms with E-state index >= 15 is 0 Å². The number of nitrogens with one attached hydrogen (secondary N) is 1. The average Bonchev–Trinajstić information content (AvgIpc) is 3.12. The van der Waals surface area contributed by atoms with Gasteiger partial charge in [-0.2, -0.15) is 0 Å². The number of benzene rings is 1. The van der Waals surface area contributed by atoms with Gasteiger partial charge in [0.05, 0.1) is 12.3 Å². The Morgan fingerprint density at radius 1 is 1.25 bits per heavy atom. The number of carbonyl (C=O) groups excluding carboxylic acids is 2. The smallest absolute Gasteiger partial charge is 0.323 e. The van der Waals surface area contributed by atoms with Gasteiger partial charge in [0.15, 0.2) is 0 Å². The Hall–Kier alpha value is -3.10. The molecule has 9 heteroatoms. The Morgan fingerprint density at radius 2 is 2.03 bits per heavy atom. The molecule has 9 nitrogen and oxygen atoms in total.